The van der Waals surface area contributed by atoms with E-state index in [0.29, 0.717) is 6.04 Å². The number of hydrogen-bond acceptors (Lipinski definition) is 3. The molecule has 0 aromatic carbocycles. The van der Waals surface area contributed by atoms with Crippen LogP contribution in [0.2, 0.25) is 0 Å². The highest BCUT2D eigenvalue weighted by Crippen LogP contribution is 2.17. The highest BCUT2D eigenvalue weighted by Gasteiger charge is 2.28. The third-order valence-electron chi connectivity index (χ3n) is 3.84. The van der Waals surface area contributed by atoms with E-state index in [1.54, 1.807) is 0 Å². The van der Waals surface area contributed by atoms with Gasteiger partial charge in [0.25, 0.3) is 0 Å². The van der Waals surface area contributed by atoms with E-state index < -0.39 is 0 Å². The molecule has 1 rings (SSSR count). The molecular formula is C13H29N3. The van der Waals surface area contributed by atoms with E-state index in [1.807, 2.05) is 0 Å². The minimum atomic E-state index is 0.681. The molecule has 1 fully saturated rings. The SMILES string of the molecule is CCNCC(C)N1CCC(N(CC)CC)C1. The smallest absolute Gasteiger partial charge is 0.0235 e. The van der Waals surface area contributed by atoms with Crippen LogP contribution in [0.15, 0.2) is 0 Å². The molecule has 0 radical (unpaired) electrons. The summed E-state index contributed by atoms with van der Waals surface area (Å²) in [5.74, 6) is 0. The number of nitrogens with zero attached hydrogens (tertiary/aromatic N) is 2. The van der Waals surface area contributed by atoms with Crippen LogP contribution in [-0.4, -0.2) is 61.2 Å². The minimum absolute atomic E-state index is 0.681. The molecule has 2 atom stereocenters. The lowest BCUT2D eigenvalue weighted by atomic mass is 10.2. The van der Waals surface area contributed by atoms with Gasteiger partial charge in [0.2, 0.25) is 0 Å². The van der Waals surface area contributed by atoms with Gasteiger partial charge in [-0.25, -0.2) is 0 Å². The molecule has 1 heterocycles. The van der Waals surface area contributed by atoms with Crippen LogP contribution in [0.1, 0.15) is 34.1 Å². The summed E-state index contributed by atoms with van der Waals surface area (Å²) in [6.07, 6.45) is 1.35. The van der Waals surface area contributed by atoms with Gasteiger partial charge in [0.15, 0.2) is 0 Å². The van der Waals surface area contributed by atoms with Crippen LogP contribution < -0.4 is 5.32 Å². The first kappa shape index (κ1) is 13.9. The molecule has 1 aliphatic heterocycles. The van der Waals surface area contributed by atoms with E-state index in [0.717, 1.165) is 19.1 Å². The van der Waals surface area contributed by atoms with E-state index in [2.05, 4.69) is 42.8 Å². The molecule has 0 saturated carbocycles. The molecule has 1 N–H and O–H groups in total. The van der Waals surface area contributed by atoms with Gasteiger partial charge in [-0.1, -0.05) is 20.8 Å². The van der Waals surface area contributed by atoms with Gasteiger partial charge in [0, 0.05) is 31.7 Å². The Morgan fingerprint density at radius 2 is 2.00 bits per heavy atom. The number of likely N-dealkylation sites (N-methyl/N-ethyl adjacent to an activating group) is 2. The Kier molecular flexibility index (Phi) is 6.32. The average Bonchev–Trinajstić information content (AvgIpc) is 2.77. The van der Waals surface area contributed by atoms with Gasteiger partial charge in [-0.05, 0) is 33.0 Å². The predicted octanol–water partition coefficient (Wildman–Crippen LogP) is 1.40. The third-order valence-corrected chi connectivity index (χ3v) is 3.84. The first-order chi connectivity index (χ1) is 7.72. The Hall–Kier alpha value is -0.120. The molecule has 0 spiro atoms. The standard InChI is InChI=1S/C13H29N3/c1-5-14-10-12(4)16-9-8-13(11-16)15(6-2)7-3/h12-14H,5-11H2,1-4H3. The average molecular weight is 227 g/mol. The van der Waals surface area contributed by atoms with E-state index in [9.17, 15) is 0 Å². The topological polar surface area (TPSA) is 18.5 Å². The summed E-state index contributed by atoms with van der Waals surface area (Å²) in [5.41, 5.74) is 0. The van der Waals surface area contributed by atoms with Crippen molar-refractivity contribution in [3.05, 3.63) is 0 Å². The Morgan fingerprint density at radius 1 is 1.31 bits per heavy atom. The van der Waals surface area contributed by atoms with Crippen LogP contribution in [0.5, 0.6) is 0 Å². The molecular weight excluding hydrogens is 198 g/mol. The second-order valence-corrected chi connectivity index (χ2v) is 4.82. The lowest BCUT2D eigenvalue weighted by Crippen LogP contribution is -2.42. The Bertz CT molecular complexity index is 180. The molecule has 0 aliphatic carbocycles. The summed E-state index contributed by atoms with van der Waals surface area (Å²) in [5, 5.41) is 3.44. The quantitative estimate of drug-likeness (QED) is 0.709. The van der Waals surface area contributed by atoms with Crippen molar-refractivity contribution in [1.82, 2.24) is 15.1 Å². The second-order valence-electron chi connectivity index (χ2n) is 4.82. The Morgan fingerprint density at radius 3 is 2.56 bits per heavy atom. The maximum absolute atomic E-state index is 3.44. The van der Waals surface area contributed by atoms with Crippen molar-refractivity contribution in [1.29, 1.82) is 0 Å². The molecule has 0 aromatic rings. The number of nitrogens with one attached hydrogen (secondary N) is 1. The van der Waals surface area contributed by atoms with Gasteiger partial charge in [0.1, 0.15) is 0 Å². The van der Waals surface area contributed by atoms with Crippen molar-refractivity contribution in [2.24, 2.45) is 0 Å². The zero-order valence-electron chi connectivity index (χ0n) is 11.5. The molecule has 2 unspecified atom stereocenters. The van der Waals surface area contributed by atoms with Crippen LogP contribution in [0.3, 0.4) is 0 Å². The van der Waals surface area contributed by atoms with Gasteiger partial charge >= 0.3 is 0 Å². The molecule has 16 heavy (non-hydrogen) atoms. The van der Waals surface area contributed by atoms with Crippen LogP contribution in [-0.2, 0) is 0 Å². The normalized spacial score (nSPS) is 24.2. The molecule has 3 heteroatoms. The van der Waals surface area contributed by atoms with Crippen molar-refractivity contribution in [2.75, 3.05) is 39.3 Å². The minimum Gasteiger partial charge on any atom is -0.315 e. The number of hydrogen-bond donors (Lipinski definition) is 1. The highest BCUT2D eigenvalue weighted by atomic mass is 15.3. The second kappa shape index (κ2) is 7.25. The number of rotatable bonds is 7. The molecule has 0 bridgehead atoms. The predicted molar refractivity (Wildman–Crippen MR) is 70.9 cm³/mol. The maximum atomic E-state index is 3.44. The maximum Gasteiger partial charge on any atom is 0.0235 e. The number of likely N-dealkylation sites (tertiary alicyclic amines) is 1. The van der Waals surface area contributed by atoms with Crippen molar-refractivity contribution >= 4 is 0 Å². The Balaban J connectivity index is 2.33. The molecule has 0 aromatic heterocycles. The van der Waals surface area contributed by atoms with E-state index in [4.69, 9.17) is 0 Å². The van der Waals surface area contributed by atoms with Gasteiger partial charge < -0.3 is 5.32 Å². The molecule has 3 nitrogen and oxygen atoms in total. The molecule has 0 amide bonds. The first-order valence-corrected chi connectivity index (χ1v) is 6.91. The summed E-state index contributed by atoms with van der Waals surface area (Å²) < 4.78 is 0. The van der Waals surface area contributed by atoms with Gasteiger partial charge in [-0.15, -0.1) is 0 Å². The van der Waals surface area contributed by atoms with Gasteiger partial charge in [-0.3, -0.25) is 9.80 Å². The fourth-order valence-corrected chi connectivity index (χ4v) is 2.69. The van der Waals surface area contributed by atoms with Gasteiger partial charge in [-0.2, -0.15) is 0 Å². The van der Waals surface area contributed by atoms with E-state index in [1.165, 1.54) is 32.6 Å². The fraction of sp³-hybridized carbons (Fsp3) is 1.00. The van der Waals surface area contributed by atoms with Crippen LogP contribution >= 0.6 is 0 Å². The summed E-state index contributed by atoms with van der Waals surface area (Å²) in [6, 6.07) is 1.47. The zero-order chi connectivity index (χ0) is 12.0. The monoisotopic (exact) mass is 227 g/mol. The highest BCUT2D eigenvalue weighted by molar-refractivity contribution is 4.85. The van der Waals surface area contributed by atoms with E-state index >= 15 is 0 Å². The third kappa shape index (κ3) is 3.72. The molecule has 1 aliphatic rings. The Labute approximate surface area is 101 Å². The summed E-state index contributed by atoms with van der Waals surface area (Å²) in [6.45, 7) is 16.2. The van der Waals surface area contributed by atoms with Crippen molar-refractivity contribution in [2.45, 2.75) is 46.2 Å². The zero-order valence-corrected chi connectivity index (χ0v) is 11.5. The summed E-state index contributed by atoms with van der Waals surface area (Å²) in [4.78, 5) is 5.23. The van der Waals surface area contributed by atoms with Crippen molar-refractivity contribution < 1.29 is 0 Å². The van der Waals surface area contributed by atoms with E-state index in [-0.39, 0.29) is 0 Å². The lowest BCUT2D eigenvalue weighted by molar-refractivity contribution is 0.191. The lowest BCUT2D eigenvalue weighted by Gasteiger charge is -2.28. The molecule has 1 saturated heterocycles. The van der Waals surface area contributed by atoms with Crippen LogP contribution in [0.4, 0.5) is 0 Å². The van der Waals surface area contributed by atoms with Crippen molar-refractivity contribution in [3.63, 3.8) is 0 Å². The summed E-state index contributed by atoms with van der Waals surface area (Å²) in [7, 11) is 0. The van der Waals surface area contributed by atoms with Crippen LogP contribution in [0.25, 0.3) is 0 Å². The summed E-state index contributed by atoms with van der Waals surface area (Å²) >= 11 is 0. The fourth-order valence-electron chi connectivity index (χ4n) is 2.69. The first-order valence-electron chi connectivity index (χ1n) is 6.91. The van der Waals surface area contributed by atoms with Crippen molar-refractivity contribution in [3.8, 4) is 0 Å². The largest absolute Gasteiger partial charge is 0.315 e. The van der Waals surface area contributed by atoms with Crippen LogP contribution in [0, 0.1) is 0 Å². The van der Waals surface area contributed by atoms with Gasteiger partial charge in [0.05, 0.1) is 0 Å². The molecule has 96 valence electrons.